The van der Waals surface area contributed by atoms with Crippen LogP contribution in [0.25, 0.3) is 0 Å². The standard InChI is InChI=1S/C23H30N2O2/c1-3-4-5-6-7-8-23(26)25-24-17-20-13-15-22(16-14-20)27-18-21-11-9-19(2)10-12-21/h9-17H,3-8,18H2,1-2H3,(H,25,26)/b24-17+. The molecule has 0 atom stereocenters. The molecule has 4 nitrogen and oxygen atoms in total. The van der Waals surface area contributed by atoms with Crippen molar-refractivity contribution in [1.29, 1.82) is 0 Å². The van der Waals surface area contributed by atoms with Gasteiger partial charge in [-0.15, -0.1) is 0 Å². The van der Waals surface area contributed by atoms with Crippen molar-refractivity contribution in [3.8, 4) is 5.75 Å². The molecular weight excluding hydrogens is 336 g/mol. The minimum absolute atomic E-state index is 0.0270. The van der Waals surface area contributed by atoms with Crippen LogP contribution in [0.5, 0.6) is 5.75 Å². The molecule has 0 aromatic heterocycles. The van der Waals surface area contributed by atoms with Crippen molar-refractivity contribution in [2.75, 3.05) is 0 Å². The smallest absolute Gasteiger partial charge is 0.240 e. The number of unbranched alkanes of at least 4 members (excludes halogenated alkanes) is 4. The molecule has 2 aromatic carbocycles. The summed E-state index contributed by atoms with van der Waals surface area (Å²) >= 11 is 0. The first kappa shape index (κ1) is 20.7. The zero-order chi connectivity index (χ0) is 19.3. The van der Waals surface area contributed by atoms with Crippen LogP contribution in [-0.2, 0) is 11.4 Å². The molecule has 4 heteroatoms. The van der Waals surface area contributed by atoms with Crippen LogP contribution < -0.4 is 10.2 Å². The van der Waals surface area contributed by atoms with Gasteiger partial charge in [-0.05, 0) is 48.7 Å². The Balaban J connectivity index is 1.69. The third-order valence-electron chi connectivity index (χ3n) is 4.32. The lowest BCUT2D eigenvalue weighted by Crippen LogP contribution is -2.16. The predicted molar refractivity (Wildman–Crippen MR) is 111 cm³/mol. The van der Waals surface area contributed by atoms with Gasteiger partial charge >= 0.3 is 0 Å². The Morgan fingerprint density at radius 2 is 1.70 bits per heavy atom. The van der Waals surface area contributed by atoms with Gasteiger partial charge in [0, 0.05) is 6.42 Å². The zero-order valence-electron chi connectivity index (χ0n) is 16.4. The Labute approximate surface area is 162 Å². The second-order valence-corrected chi connectivity index (χ2v) is 6.80. The Hall–Kier alpha value is -2.62. The van der Waals surface area contributed by atoms with Crippen LogP contribution in [0.2, 0.25) is 0 Å². The summed E-state index contributed by atoms with van der Waals surface area (Å²) in [5.41, 5.74) is 5.89. The molecule has 1 N–H and O–H groups in total. The number of amides is 1. The van der Waals surface area contributed by atoms with E-state index in [1.54, 1.807) is 6.21 Å². The number of carbonyl (C=O) groups is 1. The maximum absolute atomic E-state index is 11.7. The zero-order valence-corrected chi connectivity index (χ0v) is 16.4. The summed E-state index contributed by atoms with van der Waals surface area (Å²) in [6.07, 6.45) is 7.87. The first-order valence-corrected chi connectivity index (χ1v) is 9.77. The van der Waals surface area contributed by atoms with Crippen LogP contribution in [0, 0.1) is 6.92 Å². The van der Waals surface area contributed by atoms with Gasteiger partial charge in [-0.2, -0.15) is 5.10 Å². The van der Waals surface area contributed by atoms with E-state index in [-0.39, 0.29) is 5.91 Å². The van der Waals surface area contributed by atoms with Crippen molar-refractivity contribution in [2.24, 2.45) is 5.10 Å². The number of nitrogens with zero attached hydrogens (tertiary/aromatic N) is 1. The van der Waals surface area contributed by atoms with Gasteiger partial charge in [0.1, 0.15) is 12.4 Å². The average molecular weight is 367 g/mol. The van der Waals surface area contributed by atoms with Crippen molar-refractivity contribution in [3.63, 3.8) is 0 Å². The largest absolute Gasteiger partial charge is 0.489 e. The maximum atomic E-state index is 11.7. The molecule has 2 rings (SSSR count). The Bertz CT molecular complexity index is 706. The summed E-state index contributed by atoms with van der Waals surface area (Å²) in [6, 6.07) is 16.0. The summed E-state index contributed by atoms with van der Waals surface area (Å²) in [7, 11) is 0. The third-order valence-corrected chi connectivity index (χ3v) is 4.32. The summed E-state index contributed by atoms with van der Waals surface area (Å²) in [4.78, 5) is 11.7. The molecule has 0 aliphatic rings. The average Bonchev–Trinajstić information content (AvgIpc) is 2.68. The minimum Gasteiger partial charge on any atom is -0.489 e. The van der Waals surface area contributed by atoms with E-state index in [2.05, 4.69) is 48.6 Å². The predicted octanol–water partition coefficient (Wildman–Crippen LogP) is 5.38. The van der Waals surface area contributed by atoms with Gasteiger partial charge in [-0.1, -0.05) is 62.4 Å². The molecule has 0 fully saturated rings. The van der Waals surface area contributed by atoms with Gasteiger partial charge in [-0.3, -0.25) is 4.79 Å². The molecule has 2 aromatic rings. The molecule has 144 valence electrons. The maximum Gasteiger partial charge on any atom is 0.240 e. The molecule has 0 unspecified atom stereocenters. The van der Waals surface area contributed by atoms with Gasteiger partial charge < -0.3 is 4.74 Å². The lowest BCUT2D eigenvalue weighted by atomic mass is 10.1. The van der Waals surface area contributed by atoms with E-state index in [1.165, 1.54) is 24.8 Å². The Morgan fingerprint density at radius 3 is 2.41 bits per heavy atom. The summed E-state index contributed by atoms with van der Waals surface area (Å²) in [5.74, 6) is 0.782. The SMILES string of the molecule is CCCCCCCC(=O)N/N=C/c1ccc(OCc2ccc(C)cc2)cc1. The number of hydrogen-bond acceptors (Lipinski definition) is 3. The van der Waals surface area contributed by atoms with Gasteiger partial charge in [-0.25, -0.2) is 5.43 Å². The molecule has 0 saturated heterocycles. The van der Waals surface area contributed by atoms with Crippen LogP contribution in [0.15, 0.2) is 53.6 Å². The van der Waals surface area contributed by atoms with E-state index in [9.17, 15) is 4.79 Å². The number of hydrogen-bond donors (Lipinski definition) is 1. The quantitative estimate of drug-likeness (QED) is 0.329. The number of nitrogens with one attached hydrogen (secondary N) is 1. The summed E-state index contributed by atoms with van der Waals surface area (Å²) in [6.45, 7) is 4.80. The molecule has 1 amide bonds. The number of hydrazone groups is 1. The molecule has 0 saturated carbocycles. The van der Waals surface area contributed by atoms with E-state index in [0.717, 1.165) is 29.7 Å². The summed E-state index contributed by atoms with van der Waals surface area (Å²) in [5, 5.41) is 4.02. The number of carbonyl (C=O) groups excluding carboxylic acids is 1. The van der Waals surface area contributed by atoms with E-state index < -0.39 is 0 Å². The molecular formula is C23H30N2O2. The molecule has 0 spiro atoms. The second-order valence-electron chi connectivity index (χ2n) is 6.80. The van der Waals surface area contributed by atoms with E-state index >= 15 is 0 Å². The lowest BCUT2D eigenvalue weighted by molar-refractivity contribution is -0.121. The van der Waals surface area contributed by atoms with Crippen LogP contribution in [0.4, 0.5) is 0 Å². The summed E-state index contributed by atoms with van der Waals surface area (Å²) < 4.78 is 5.79. The minimum atomic E-state index is -0.0270. The van der Waals surface area contributed by atoms with E-state index in [0.29, 0.717) is 13.0 Å². The highest BCUT2D eigenvalue weighted by Gasteiger charge is 1.99. The van der Waals surface area contributed by atoms with E-state index in [4.69, 9.17) is 4.74 Å². The fraction of sp³-hybridized carbons (Fsp3) is 0.391. The topological polar surface area (TPSA) is 50.7 Å². The second kappa shape index (κ2) is 11.9. The first-order chi connectivity index (χ1) is 13.2. The van der Waals surface area contributed by atoms with Gasteiger partial charge in [0.15, 0.2) is 0 Å². The molecule has 0 aliphatic carbocycles. The highest BCUT2D eigenvalue weighted by atomic mass is 16.5. The van der Waals surface area contributed by atoms with Crippen molar-refractivity contribution >= 4 is 12.1 Å². The fourth-order valence-electron chi connectivity index (χ4n) is 2.62. The van der Waals surface area contributed by atoms with Crippen molar-refractivity contribution in [1.82, 2.24) is 5.43 Å². The lowest BCUT2D eigenvalue weighted by Gasteiger charge is -2.06. The van der Waals surface area contributed by atoms with Crippen LogP contribution in [-0.4, -0.2) is 12.1 Å². The third kappa shape index (κ3) is 8.54. The van der Waals surface area contributed by atoms with Crippen LogP contribution in [0.3, 0.4) is 0 Å². The monoisotopic (exact) mass is 366 g/mol. The van der Waals surface area contributed by atoms with Gasteiger partial charge in [0.25, 0.3) is 0 Å². The molecule has 0 heterocycles. The fourth-order valence-corrected chi connectivity index (χ4v) is 2.62. The Morgan fingerprint density at radius 1 is 1.00 bits per heavy atom. The van der Waals surface area contributed by atoms with Crippen molar-refractivity contribution in [3.05, 3.63) is 65.2 Å². The number of benzene rings is 2. The van der Waals surface area contributed by atoms with Crippen LogP contribution in [0.1, 0.15) is 62.1 Å². The van der Waals surface area contributed by atoms with E-state index in [1.807, 2.05) is 24.3 Å². The number of ether oxygens (including phenoxy) is 1. The highest BCUT2D eigenvalue weighted by Crippen LogP contribution is 2.14. The van der Waals surface area contributed by atoms with Gasteiger partial charge in [0.05, 0.1) is 6.21 Å². The normalized spacial score (nSPS) is 10.9. The van der Waals surface area contributed by atoms with Crippen LogP contribution >= 0.6 is 0 Å². The number of rotatable bonds is 11. The highest BCUT2D eigenvalue weighted by molar-refractivity contribution is 5.82. The number of aryl methyl sites for hydroxylation is 1. The van der Waals surface area contributed by atoms with Crippen molar-refractivity contribution in [2.45, 2.75) is 59.0 Å². The van der Waals surface area contributed by atoms with Crippen molar-refractivity contribution < 1.29 is 9.53 Å². The first-order valence-electron chi connectivity index (χ1n) is 9.77. The molecule has 0 radical (unpaired) electrons. The Kier molecular flexibility index (Phi) is 9.11. The molecule has 0 bridgehead atoms. The van der Waals surface area contributed by atoms with Gasteiger partial charge in [0.2, 0.25) is 5.91 Å². The molecule has 0 aliphatic heterocycles. The molecule has 27 heavy (non-hydrogen) atoms.